The molecule has 3 nitrogen and oxygen atoms in total. The molecule has 0 aliphatic heterocycles. The van der Waals surface area contributed by atoms with Gasteiger partial charge in [-0.25, -0.2) is 8.78 Å². The molecule has 20 heavy (non-hydrogen) atoms. The van der Waals surface area contributed by atoms with Crippen LogP contribution in [-0.4, -0.2) is 30.2 Å². The van der Waals surface area contributed by atoms with Gasteiger partial charge in [0.1, 0.15) is 0 Å². The molecule has 1 aromatic rings. The van der Waals surface area contributed by atoms with Crippen LogP contribution in [0, 0.1) is 0 Å². The first-order chi connectivity index (χ1) is 8.98. The van der Waals surface area contributed by atoms with Gasteiger partial charge in [0.25, 0.3) is 5.92 Å². The van der Waals surface area contributed by atoms with Crippen molar-refractivity contribution in [1.82, 2.24) is 5.32 Å². The van der Waals surface area contributed by atoms with Crippen LogP contribution in [0.5, 0.6) is 0 Å². The first-order valence-corrected chi connectivity index (χ1v) is 6.94. The Morgan fingerprint density at radius 2 is 2.00 bits per heavy atom. The summed E-state index contributed by atoms with van der Waals surface area (Å²) in [5.74, 6) is -3.43. The van der Waals surface area contributed by atoms with Crippen LogP contribution in [0.25, 0.3) is 0 Å². The minimum absolute atomic E-state index is 0. The second kappa shape index (κ2) is 9.15. The third-order valence-electron chi connectivity index (χ3n) is 2.50. The van der Waals surface area contributed by atoms with Crippen LogP contribution in [0.2, 0.25) is 0 Å². The van der Waals surface area contributed by atoms with Gasteiger partial charge in [-0.1, -0.05) is 25.1 Å². The predicted molar refractivity (Wildman–Crippen MR) is 80.6 cm³/mol. The Kier molecular flexibility index (Phi) is 8.76. The summed E-state index contributed by atoms with van der Waals surface area (Å²) in [5.41, 5.74) is 4.92. The molecule has 0 aliphatic carbocycles. The number of nitrogens with two attached hydrogens (primary N) is 1. The molecule has 3 N–H and O–H groups in total. The van der Waals surface area contributed by atoms with Gasteiger partial charge in [-0.2, -0.15) is 0 Å². The summed E-state index contributed by atoms with van der Waals surface area (Å²) in [5, 5.41) is 1.88. The quantitative estimate of drug-likeness (QED) is 0.758. The molecule has 0 aromatic heterocycles. The van der Waals surface area contributed by atoms with Crippen LogP contribution in [0.4, 0.5) is 8.78 Å². The van der Waals surface area contributed by atoms with E-state index in [4.69, 9.17) is 5.73 Å². The van der Waals surface area contributed by atoms with Gasteiger partial charge in [0.15, 0.2) is 0 Å². The Labute approximate surface area is 128 Å². The van der Waals surface area contributed by atoms with Crippen molar-refractivity contribution in [3.63, 3.8) is 0 Å². The van der Waals surface area contributed by atoms with Gasteiger partial charge in [-0.05, 0) is 18.6 Å². The molecule has 0 aliphatic rings. The normalized spacial score (nSPS) is 12.4. The lowest BCUT2D eigenvalue weighted by molar-refractivity contribution is -0.122. The highest BCUT2D eigenvalue weighted by Gasteiger charge is 2.28. The highest BCUT2D eigenvalue weighted by Crippen LogP contribution is 2.25. The minimum atomic E-state index is -3.05. The molecule has 0 spiro atoms. The zero-order valence-electron chi connectivity index (χ0n) is 11.1. The standard InChI is InChI=1S/C13H18F2N2OS.ClH/c1-2-11(19-10-6-4-3-5-7-10)12(18)17-9-13(14,15)8-16;/h3-7,11H,2,8-9,16H2,1H3,(H,17,18);1H. The lowest BCUT2D eigenvalue weighted by Gasteiger charge is -2.18. The molecule has 114 valence electrons. The first kappa shape index (κ1) is 19.1. The van der Waals surface area contributed by atoms with Crippen LogP contribution in [0.1, 0.15) is 13.3 Å². The SMILES string of the molecule is CCC(Sc1ccccc1)C(=O)NCC(F)(F)CN.Cl. The van der Waals surface area contributed by atoms with E-state index in [1.54, 1.807) is 0 Å². The number of carbonyl (C=O) groups excluding carboxylic acids is 1. The zero-order valence-corrected chi connectivity index (χ0v) is 12.8. The van der Waals surface area contributed by atoms with Crippen molar-refractivity contribution < 1.29 is 13.6 Å². The third kappa shape index (κ3) is 6.54. The summed E-state index contributed by atoms with van der Waals surface area (Å²) < 4.78 is 25.9. The number of rotatable bonds is 7. The van der Waals surface area contributed by atoms with E-state index in [0.29, 0.717) is 6.42 Å². The van der Waals surface area contributed by atoms with Crippen molar-refractivity contribution in [1.29, 1.82) is 0 Å². The summed E-state index contributed by atoms with van der Waals surface area (Å²) in [6, 6.07) is 9.39. The van der Waals surface area contributed by atoms with Crippen molar-refractivity contribution in [2.24, 2.45) is 5.73 Å². The molecule has 1 unspecified atom stereocenters. The summed E-state index contributed by atoms with van der Waals surface area (Å²) in [6.07, 6.45) is 0.569. The molecule has 0 saturated heterocycles. The lowest BCUT2D eigenvalue weighted by atomic mass is 10.3. The number of alkyl halides is 2. The number of carbonyl (C=O) groups is 1. The van der Waals surface area contributed by atoms with Crippen LogP contribution in [0.3, 0.4) is 0 Å². The average Bonchev–Trinajstić information content (AvgIpc) is 2.43. The molecular formula is C13H19ClF2N2OS. The fraction of sp³-hybridized carbons (Fsp3) is 0.462. The zero-order chi connectivity index (χ0) is 14.3. The molecule has 0 saturated carbocycles. The van der Waals surface area contributed by atoms with E-state index >= 15 is 0 Å². The van der Waals surface area contributed by atoms with E-state index in [-0.39, 0.29) is 23.6 Å². The topological polar surface area (TPSA) is 55.1 Å². The fourth-order valence-electron chi connectivity index (χ4n) is 1.39. The van der Waals surface area contributed by atoms with Crippen LogP contribution in [-0.2, 0) is 4.79 Å². The first-order valence-electron chi connectivity index (χ1n) is 6.06. The van der Waals surface area contributed by atoms with Crippen molar-refractivity contribution in [2.75, 3.05) is 13.1 Å². The summed E-state index contributed by atoms with van der Waals surface area (Å²) >= 11 is 1.37. The molecule has 1 aromatic carbocycles. The van der Waals surface area contributed by atoms with Gasteiger partial charge in [0.05, 0.1) is 18.3 Å². The Hall–Kier alpha value is -0.850. The second-order valence-corrected chi connectivity index (χ2v) is 5.38. The smallest absolute Gasteiger partial charge is 0.277 e. The molecule has 0 bridgehead atoms. The molecule has 1 amide bonds. The number of nitrogens with one attached hydrogen (secondary N) is 1. The van der Waals surface area contributed by atoms with Crippen molar-refractivity contribution in [3.05, 3.63) is 30.3 Å². The van der Waals surface area contributed by atoms with Gasteiger partial charge < -0.3 is 11.1 Å². The minimum Gasteiger partial charge on any atom is -0.349 e. The molecule has 7 heteroatoms. The summed E-state index contributed by atoms with van der Waals surface area (Å²) in [4.78, 5) is 12.8. The molecular weight excluding hydrogens is 306 g/mol. The number of amides is 1. The van der Waals surface area contributed by atoms with Crippen molar-refractivity contribution >= 4 is 30.1 Å². The Morgan fingerprint density at radius 3 is 2.50 bits per heavy atom. The van der Waals surface area contributed by atoms with Crippen LogP contribution >= 0.6 is 24.2 Å². The number of hydrogen-bond donors (Lipinski definition) is 2. The second-order valence-electron chi connectivity index (χ2n) is 4.11. The summed E-state index contributed by atoms with van der Waals surface area (Å²) in [6.45, 7) is 0.366. The van der Waals surface area contributed by atoms with E-state index in [2.05, 4.69) is 5.32 Å². The monoisotopic (exact) mass is 324 g/mol. The van der Waals surface area contributed by atoms with Gasteiger partial charge in [0, 0.05) is 4.90 Å². The molecule has 0 heterocycles. The van der Waals surface area contributed by atoms with E-state index in [0.717, 1.165) is 4.90 Å². The summed E-state index contributed by atoms with van der Waals surface area (Å²) in [7, 11) is 0. The average molecular weight is 325 g/mol. The molecule has 1 rings (SSSR count). The van der Waals surface area contributed by atoms with Crippen LogP contribution < -0.4 is 11.1 Å². The highest BCUT2D eigenvalue weighted by molar-refractivity contribution is 8.00. The molecule has 1 atom stereocenters. The highest BCUT2D eigenvalue weighted by atomic mass is 35.5. The van der Waals surface area contributed by atoms with Crippen molar-refractivity contribution in [3.8, 4) is 0 Å². The lowest BCUT2D eigenvalue weighted by Crippen LogP contribution is -2.44. The molecule has 0 radical (unpaired) electrons. The van der Waals surface area contributed by atoms with E-state index in [1.165, 1.54) is 11.8 Å². The maximum atomic E-state index is 13.0. The maximum Gasteiger partial charge on any atom is 0.277 e. The van der Waals surface area contributed by atoms with E-state index in [1.807, 2.05) is 37.3 Å². The Balaban J connectivity index is 0.00000361. The largest absolute Gasteiger partial charge is 0.349 e. The van der Waals surface area contributed by atoms with E-state index in [9.17, 15) is 13.6 Å². The van der Waals surface area contributed by atoms with Crippen molar-refractivity contribution in [2.45, 2.75) is 29.4 Å². The number of halogens is 3. The van der Waals surface area contributed by atoms with Gasteiger partial charge in [-0.3, -0.25) is 4.79 Å². The maximum absolute atomic E-state index is 13.0. The Bertz CT molecular complexity index is 407. The number of benzene rings is 1. The Morgan fingerprint density at radius 1 is 1.40 bits per heavy atom. The third-order valence-corrected chi connectivity index (χ3v) is 3.88. The number of hydrogen-bond acceptors (Lipinski definition) is 3. The van der Waals surface area contributed by atoms with Gasteiger partial charge >= 0.3 is 0 Å². The predicted octanol–water partition coefficient (Wildman–Crippen LogP) is 2.69. The molecule has 0 fully saturated rings. The van der Waals surface area contributed by atoms with Crippen LogP contribution in [0.15, 0.2) is 35.2 Å². The number of thioether (sulfide) groups is 1. The van der Waals surface area contributed by atoms with Gasteiger partial charge in [-0.15, -0.1) is 24.2 Å². The fourth-order valence-corrected chi connectivity index (χ4v) is 2.39. The van der Waals surface area contributed by atoms with Gasteiger partial charge in [0.2, 0.25) is 5.91 Å². The van der Waals surface area contributed by atoms with E-state index < -0.39 is 19.0 Å².